The SMILES string of the molecule is CCCc1ccc(C(N)c2cccc(C(F)(F)F)c2)cc1. The van der Waals surface area contributed by atoms with E-state index in [-0.39, 0.29) is 0 Å². The molecule has 2 aromatic rings. The van der Waals surface area contributed by atoms with Crippen LogP contribution in [0.4, 0.5) is 13.2 Å². The summed E-state index contributed by atoms with van der Waals surface area (Å²) < 4.78 is 38.2. The van der Waals surface area contributed by atoms with Gasteiger partial charge in [-0.25, -0.2) is 0 Å². The quantitative estimate of drug-likeness (QED) is 0.868. The summed E-state index contributed by atoms with van der Waals surface area (Å²) in [7, 11) is 0. The van der Waals surface area contributed by atoms with Gasteiger partial charge in [-0.1, -0.05) is 49.7 Å². The molecule has 21 heavy (non-hydrogen) atoms. The highest BCUT2D eigenvalue weighted by Gasteiger charge is 2.30. The second-order valence-corrected chi connectivity index (χ2v) is 5.09. The minimum atomic E-state index is -4.35. The van der Waals surface area contributed by atoms with Gasteiger partial charge in [0, 0.05) is 0 Å². The molecule has 0 radical (unpaired) electrons. The van der Waals surface area contributed by atoms with Crippen molar-refractivity contribution in [2.75, 3.05) is 0 Å². The lowest BCUT2D eigenvalue weighted by Crippen LogP contribution is -2.13. The summed E-state index contributed by atoms with van der Waals surface area (Å²) in [5, 5.41) is 0. The zero-order valence-corrected chi connectivity index (χ0v) is 11.8. The Morgan fingerprint density at radius 3 is 2.24 bits per heavy atom. The fourth-order valence-electron chi connectivity index (χ4n) is 2.28. The van der Waals surface area contributed by atoms with Crippen molar-refractivity contribution < 1.29 is 13.2 Å². The van der Waals surface area contributed by atoms with Crippen molar-refractivity contribution in [3.8, 4) is 0 Å². The lowest BCUT2D eigenvalue weighted by Gasteiger charge is -2.15. The van der Waals surface area contributed by atoms with Crippen molar-refractivity contribution in [1.82, 2.24) is 0 Å². The van der Waals surface area contributed by atoms with Gasteiger partial charge in [-0.2, -0.15) is 13.2 Å². The minimum absolute atomic E-state index is 0.466. The summed E-state index contributed by atoms with van der Waals surface area (Å²) in [5.41, 5.74) is 7.90. The van der Waals surface area contributed by atoms with Gasteiger partial charge < -0.3 is 5.73 Å². The van der Waals surface area contributed by atoms with E-state index in [0.29, 0.717) is 5.56 Å². The van der Waals surface area contributed by atoms with Crippen LogP contribution < -0.4 is 5.73 Å². The Kier molecular flexibility index (Phi) is 4.68. The Morgan fingerprint density at radius 1 is 1.00 bits per heavy atom. The molecule has 0 aliphatic carbocycles. The van der Waals surface area contributed by atoms with E-state index >= 15 is 0 Å². The summed E-state index contributed by atoms with van der Waals surface area (Å²) in [4.78, 5) is 0. The standard InChI is InChI=1S/C17H18F3N/c1-2-4-12-7-9-13(10-8-12)16(21)14-5-3-6-15(11-14)17(18,19)20/h3,5-11,16H,2,4,21H2,1H3. The van der Waals surface area contributed by atoms with Gasteiger partial charge in [0.2, 0.25) is 0 Å². The number of hydrogen-bond acceptors (Lipinski definition) is 1. The van der Waals surface area contributed by atoms with Crippen molar-refractivity contribution in [2.45, 2.75) is 32.0 Å². The zero-order chi connectivity index (χ0) is 15.5. The van der Waals surface area contributed by atoms with E-state index in [1.54, 1.807) is 6.07 Å². The maximum atomic E-state index is 12.7. The molecule has 0 bridgehead atoms. The average Bonchev–Trinajstić information content (AvgIpc) is 2.47. The fourth-order valence-corrected chi connectivity index (χ4v) is 2.28. The largest absolute Gasteiger partial charge is 0.416 e. The van der Waals surface area contributed by atoms with E-state index in [9.17, 15) is 13.2 Å². The highest BCUT2D eigenvalue weighted by molar-refractivity contribution is 5.36. The van der Waals surface area contributed by atoms with E-state index in [2.05, 4.69) is 6.92 Å². The van der Waals surface area contributed by atoms with Gasteiger partial charge in [0.1, 0.15) is 0 Å². The highest BCUT2D eigenvalue weighted by Crippen LogP contribution is 2.31. The zero-order valence-electron chi connectivity index (χ0n) is 11.8. The molecule has 0 aliphatic rings. The molecule has 0 fully saturated rings. The molecular weight excluding hydrogens is 275 g/mol. The summed E-state index contributed by atoms with van der Waals surface area (Å²) in [6.45, 7) is 2.10. The first kappa shape index (κ1) is 15.6. The summed E-state index contributed by atoms with van der Waals surface area (Å²) in [6, 6.07) is 12.4. The lowest BCUT2D eigenvalue weighted by atomic mass is 9.96. The molecule has 0 aliphatic heterocycles. The number of hydrogen-bond donors (Lipinski definition) is 1. The maximum absolute atomic E-state index is 12.7. The second-order valence-electron chi connectivity index (χ2n) is 5.09. The van der Waals surface area contributed by atoms with E-state index < -0.39 is 17.8 Å². The van der Waals surface area contributed by atoms with Crippen LogP contribution in [0.1, 0.15) is 41.6 Å². The predicted molar refractivity (Wildman–Crippen MR) is 77.9 cm³/mol. The first-order valence-electron chi connectivity index (χ1n) is 6.93. The average molecular weight is 293 g/mol. The molecule has 4 heteroatoms. The van der Waals surface area contributed by atoms with E-state index in [1.165, 1.54) is 11.6 Å². The maximum Gasteiger partial charge on any atom is 0.416 e. The number of halogens is 3. The van der Waals surface area contributed by atoms with Crippen molar-refractivity contribution in [1.29, 1.82) is 0 Å². The topological polar surface area (TPSA) is 26.0 Å². The van der Waals surface area contributed by atoms with Crippen LogP contribution in [0.2, 0.25) is 0 Å². The van der Waals surface area contributed by atoms with E-state index in [4.69, 9.17) is 5.73 Å². The Balaban J connectivity index is 2.25. The summed E-state index contributed by atoms with van der Waals surface area (Å²) >= 11 is 0. The van der Waals surface area contributed by atoms with Gasteiger partial charge in [0.05, 0.1) is 11.6 Å². The predicted octanol–water partition coefficient (Wildman–Crippen LogP) is 4.71. The van der Waals surface area contributed by atoms with E-state index in [0.717, 1.165) is 30.5 Å². The van der Waals surface area contributed by atoms with Gasteiger partial charge in [0.25, 0.3) is 0 Å². The molecule has 0 aromatic heterocycles. The minimum Gasteiger partial charge on any atom is -0.320 e. The van der Waals surface area contributed by atoms with Gasteiger partial charge in [0.15, 0.2) is 0 Å². The molecule has 112 valence electrons. The number of benzene rings is 2. The van der Waals surface area contributed by atoms with Crippen LogP contribution >= 0.6 is 0 Å². The van der Waals surface area contributed by atoms with Crippen LogP contribution in [-0.2, 0) is 12.6 Å². The lowest BCUT2D eigenvalue weighted by molar-refractivity contribution is -0.137. The van der Waals surface area contributed by atoms with Gasteiger partial charge in [-0.05, 0) is 35.2 Å². The van der Waals surface area contributed by atoms with Crippen molar-refractivity contribution >= 4 is 0 Å². The van der Waals surface area contributed by atoms with Crippen LogP contribution in [0, 0.1) is 0 Å². The number of aryl methyl sites for hydroxylation is 1. The molecule has 1 nitrogen and oxygen atoms in total. The molecule has 0 amide bonds. The van der Waals surface area contributed by atoms with Crippen LogP contribution in [0.5, 0.6) is 0 Å². The molecule has 0 spiro atoms. The van der Waals surface area contributed by atoms with Crippen LogP contribution in [-0.4, -0.2) is 0 Å². The number of nitrogens with two attached hydrogens (primary N) is 1. The Labute approximate surface area is 122 Å². The molecule has 2 aromatic carbocycles. The van der Waals surface area contributed by atoms with Crippen molar-refractivity contribution in [3.63, 3.8) is 0 Å². The van der Waals surface area contributed by atoms with Gasteiger partial charge >= 0.3 is 6.18 Å². The first-order chi connectivity index (χ1) is 9.91. The van der Waals surface area contributed by atoms with Gasteiger partial charge in [-0.3, -0.25) is 0 Å². The monoisotopic (exact) mass is 293 g/mol. The van der Waals surface area contributed by atoms with Crippen molar-refractivity contribution in [3.05, 3.63) is 70.8 Å². The van der Waals surface area contributed by atoms with Gasteiger partial charge in [-0.15, -0.1) is 0 Å². The summed E-state index contributed by atoms with van der Waals surface area (Å²) in [5.74, 6) is 0. The van der Waals surface area contributed by atoms with Crippen LogP contribution in [0.25, 0.3) is 0 Å². The van der Waals surface area contributed by atoms with E-state index in [1.807, 2.05) is 24.3 Å². The first-order valence-corrected chi connectivity index (χ1v) is 6.93. The molecule has 0 saturated carbocycles. The number of rotatable bonds is 4. The summed E-state index contributed by atoms with van der Waals surface area (Å²) in [6.07, 6.45) is -2.31. The van der Waals surface area contributed by atoms with Crippen LogP contribution in [0.3, 0.4) is 0 Å². The fraction of sp³-hybridized carbons (Fsp3) is 0.294. The third-order valence-corrected chi connectivity index (χ3v) is 3.45. The molecule has 0 heterocycles. The molecular formula is C17H18F3N. The molecule has 1 atom stereocenters. The molecule has 0 saturated heterocycles. The molecule has 2 N–H and O–H groups in total. The van der Waals surface area contributed by atoms with Crippen LogP contribution in [0.15, 0.2) is 48.5 Å². The Hall–Kier alpha value is -1.81. The smallest absolute Gasteiger partial charge is 0.320 e. The Bertz CT molecular complexity index is 588. The Morgan fingerprint density at radius 2 is 1.67 bits per heavy atom. The van der Waals surface area contributed by atoms with Crippen molar-refractivity contribution in [2.24, 2.45) is 5.73 Å². The second kappa shape index (κ2) is 6.31. The normalized spacial score (nSPS) is 13.2. The highest BCUT2D eigenvalue weighted by atomic mass is 19.4. The third kappa shape index (κ3) is 3.85. The molecule has 1 unspecified atom stereocenters. The molecule has 2 rings (SSSR count). The number of alkyl halides is 3. The third-order valence-electron chi connectivity index (χ3n) is 3.45.